The molecule has 0 fully saturated rings. The van der Waals surface area contributed by atoms with Gasteiger partial charge in [0.25, 0.3) is 6.17 Å². The Labute approximate surface area is 112 Å². The molecule has 0 rings (SSSR count). The van der Waals surface area contributed by atoms with Crippen LogP contribution in [-0.4, -0.2) is 48.3 Å². The Morgan fingerprint density at radius 3 is 1.23 bits per heavy atom. The van der Waals surface area contributed by atoms with E-state index in [-0.39, 0.29) is 0 Å². The molecule has 0 aliphatic carbocycles. The SMILES string of the molecule is O=S(=O)(O)C(F)(C(F)C(F)(F)F)C(F)(F)C(F)(F)C(F)(F)F. The van der Waals surface area contributed by atoms with Crippen LogP contribution in [0.5, 0.6) is 0 Å². The van der Waals surface area contributed by atoms with E-state index in [0.717, 1.165) is 0 Å². The van der Waals surface area contributed by atoms with Crippen molar-refractivity contribution in [3.8, 4) is 0 Å². The topological polar surface area (TPSA) is 54.4 Å². The first-order valence-electron chi connectivity index (χ1n) is 4.34. The zero-order valence-electron chi connectivity index (χ0n) is 9.28. The molecule has 0 aromatic rings. The van der Waals surface area contributed by atoms with Gasteiger partial charge in [0.15, 0.2) is 0 Å². The van der Waals surface area contributed by atoms with Gasteiger partial charge in [0.1, 0.15) is 0 Å². The number of halogens is 12. The summed E-state index contributed by atoms with van der Waals surface area (Å²) < 4.78 is 176. The smallest absolute Gasteiger partial charge is 0.283 e. The summed E-state index contributed by atoms with van der Waals surface area (Å²) in [5, 5.41) is -7.35. The van der Waals surface area contributed by atoms with Gasteiger partial charge in [0, 0.05) is 0 Å². The van der Waals surface area contributed by atoms with E-state index in [1.807, 2.05) is 0 Å². The lowest BCUT2D eigenvalue weighted by Gasteiger charge is -2.37. The molecule has 0 amide bonds. The average Bonchev–Trinajstić information content (AvgIpc) is 2.21. The molecule has 0 heterocycles. The fourth-order valence-corrected chi connectivity index (χ4v) is 1.90. The van der Waals surface area contributed by atoms with E-state index in [1.54, 1.807) is 0 Å². The predicted molar refractivity (Wildman–Crippen MR) is 42.3 cm³/mol. The van der Waals surface area contributed by atoms with Crippen molar-refractivity contribution in [2.75, 3.05) is 0 Å². The third kappa shape index (κ3) is 2.81. The van der Waals surface area contributed by atoms with Crippen LogP contribution < -0.4 is 0 Å². The maximum Gasteiger partial charge on any atom is 0.460 e. The highest BCUT2D eigenvalue weighted by Gasteiger charge is 2.88. The predicted octanol–water partition coefficient (Wildman–Crippen LogP) is 3.27. The number of hydrogen-bond donors (Lipinski definition) is 1. The molecule has 1 N–H and O–H groups in total. The molecule has 0 aliphatic heterocycles. The van der Waals surface area contributed by atoms with Crippen LogP contribution in [0.25, 0.3) is 0 Å². The molecule has 0 aliphatic rings. The molecule has 0 aromatic carbocycles. The highest BCUT2D eigenvalue weighted by molar-refractivity contribution is 7.87. The zero-order valence-corrected chi connectivity index (χ0v) is 10.1. The summed E-state index contributed by atoms with van der Waals surface area (Å²) in [5.74, 6) is -15.6. The molecule has 22 heavy (non-hydrogen) atoms. The van der Waals surface area contributed by atoms with Crippen molar-refractivity contribution in [3.63, 3.8) is 0 Å². The standard InChI is InChI=1S/C6H2F12O3S/c7-1(3(9,10)11)2(8,22(19,20)21)4(12,13)5(14,15)6(16,17)18/h1H,(H,19,20,21). The van der Waals surface area contributed by atoms with Crippen molar-refractivity contribution in [1.29, 1.82) is 0 Å². The lowest BCUT2D eigenvalue weighted by atomic mass is 10.0. The minimum absolute atomic E-state index is 6.11. The molecular weight excluding hydrogens is 380 g/mol. The molecule has 134 valence electrons. The molecule has 0 spiro atoms. The van der Waals surface area contributed by atoms with Crippen LogP contribution in [0.1, 0.15) is 0 Å². The molecule has 2 atom stereocenters. The summed E-state index contributed by atoms with van der Waals surface area (Å²) in [4.78, 5) is 0. The number of rotatable bonds is 4. The maximum absolute atomic E-state index is 13.3. The van der Waals surface area contributed by atoms with Crippen LogP contribution in [0.2, 0.25) is 0 Å². The van der Waals surface area contributed by atoms with E-state index in [0.29, 0.717) is 0 Å². The molecular formula is C6H2F12O3S. The van der Waals surface area contributed by atoms with Gasteiger partial charge in [-0.1, -0.05) is 0 Å². The molecule has 0 aromatic heterocycles. The summed E-state index contributed by atoms with van der Waals surface area (Å²) in [7, 11) is -7.74. The van der Waals surface area contributed by atoms with Crippen molar-refractivity contribution >= 4 is 10.1 Å². The Morgan fingerprint density at radius 2 is 1.05 bits per heavy atom. The van der Waals surface area contributed by atoms with Crippen molar-refractivity contribution in [2.45, 2.75) is 35.4 Å². The second-order valence-corrected chi connectivity index (χ2v) is 5.22. The number of hydrogen-bond acceptors (Lipinski definition) is 2. The van der Waals surface area contributed by atoms with Gasteiger partial charge in [-0.05, 0) is 0 Å². The summed E-state index contributed by atoms with van der Waals surface area (Å²) in [5.41, 5.74) is 0. The van der Waals surface area contributed by atoms with Crippen molar-refractivity contribution in [1.82, 2.24) is 0 Å². The lowest BCUT2D eigenvalue weighted by molar-refractivity contribution is -0.381. The van der Waals surface area contributed by atoms with Gasteiger partial charge in [0.2, 0.25) is 0 Å². The van der Waals surface area contributed by atoms with Crippen LogP contribution in [0.4, 0.5) is 52.7 Å². The van der Waals surface area contributed by atoms with Crippen LogP contribution in [0.15, 0.2) is 0 Å². The fraction of sp³-hybridized carbons (Fsp3) is 1.00. The normalized spacial score (nSPS) is 19.7. The zero-order chi connectivity index (χ0) is 18.6. The van der Waals surface area contributed by atoms with Gasteiger partial charge in [0.05, 0.1) is 0 Å². The first-order valence-corrected chi connectivity index (χ1v) is 5.78. The van der Waals surface area contributed by atoms with Gasteiger partial charge >= 0.3 is 39.3 Å². The quantitative estimate of drug-likeness (QED) is 0.600. The highest BCUT2D eigenvalue weighted by Crippen LogP contribution is 2.57. The van der Waals surface area contributed by atoms with E-state index < -0.39 is 45.5 Å². The highest BCUT2D eigenvalue weighted by atomic mass is 32.2. The molecule has 0 saturated heterocycles. The summed E-state index contributed by atoms with van der Waals surface area (Å²) in [6, 6.07) is 0. The van der Waals surface area contributed by atoms with E-state index in [4.69, 9.17) is 4.55 Å². The molecule has 0 bridgehead atoms. The van der Waals surface area contributed by atoms with E-state index in [1.165, 1.54) is 0 Å². The minimum atomic E-state index is -7.86. The molecule has 2 unspecified atom stereocenters. The molecule has 0 radical (unpaired) electrons. The Morgan fingerprint density at radius 1 is 0.727 bits per heavy atom. The van der Waals surface area contributed by atoms with Crippen LogP contribution in [0.3, 0.4) is 0 Å². The average molecular weight is 382 g/mol. The van der Waals surface area contributed by atoms with Gasteiger partial charge in [-0.3, -0.25) is 4.55 Å². The van der Waals surface area contributed by atoms with Gasteiger partial charge in [-0.25, -0.2) is 8.78 Å². The minimum Gasteiger partial charge on any atom is -0.283 e. The van der Waals surface area contributed by atoms with E-state index >= 15 is 0 Å². The summed E-state index contributed by atoms with van der Waals surface area (Å²) >= 11 is 0. The molecule has 3 nitrogen and oxygen atoms in total. The first-order chi connectivity index (χ1) is 9.15. The first kappa shape index (κ1) is 21.1. The third-order valence-corrected chi connectivity index (χ3v) is 3.38. The van der Waals surface area contributed by atoms with Gasteiger partial charge < -0.3 is 0 Å². The maximum atomic E-state index is 13.3. The molecule has 16 heteroatoms. The third-order valence-electron chi connectivity index (χ3n) is 2.17. The Kier molecular flexibility index (Phi) is 4.82. The Balaban J connectivity index is 6.63. The monoisotopic (exact) mass is 382 g/mol. The van der Waals surface area contributed by atoms with Crippen molar-refractivity contribution < 1.29 is 65.7 Å². The Bertz CT molecular complexity index is 518. The molecule has 0 saturated carbocycles. The van der Waals surface area contributed by atoms with Crippen LogP contribution in [-0.2, 0) is 10.1 Å². The largest absolute Gasteiger partial charge is 0.460 e. The lowest BCUT2D eigenvalue weighted by Crippen LogP contribution is -2.70. The number of alkyl halides is 12. The van der Waals surface area contributed by atoms with Gasteiger partial charge in [-0.15, -0.1) is 0 Å². The summed E-state index contributed by atoms with van der Waals surface area (Å²) in [6.45, 7) is 0. The van der Waals surface area contributed by atoms with E-state index in [2.05, 4.69) is 0 Å². The second-order valence-electron chi connectivity index (χ2n) is 3.67. The Hall–Kier alpha value is -0.930. The van der Waals surface area contributed by atoms with Gasteiger partial charge in [-0.2, -0.15) is 52.3 Å². The summed E-state index contributed by atoms with van der Waals surface area (Å²) in [6.07, 6.45) is -20.5. The van der Waals surface area contributed by atoms with Crippen LogP contribution >= 0.6 is 0 Å². The van der Waals surface area contributed by atoms with E-state index in [9.17, 15) is 61.1 Å². The van der Waals surface area contributed by atoms with Crippen LogP contribution in [0, 0.1) is 0 Å². The fourth-order valence-electron chi connectivity index (χ4n) is 1.05. The van der Waals surface area contributed by atoms with Crippen molar-refractivity contribution in [3.05, 3.63) is 0 Å². The second kappa shape index (κ2) is 5.04. The van der Waals surface area contributed by atoms with Crippen molar-refractivity contribution in [2.24, 2.45) is 0 Å².